The Balaban J connectivity index is 1.62. The van der Waals surface area contributed by atoms with Gasteiger partial charge in [0.05, 0.1) is 10.6 Å². The third kappa shape index (κ3) is 3.69. The molecule has 0 radical (unpaired) electrons. The summed E-state index contributed by atoms with van der Waals surface area (Å²) in [4.78, 5) is 19.2. The third-order valence-corrected chi connectivity index (χ3v) is 4.42. The van der Waals surface area contributed by atoms with Gasteiger partial charge in [-0.15, -0.1) is 0 Å². The van der Waals surface area contributed by atoms with E-state index in [1.54, 1.807) is 18.3 Å². The van der Waals surface area contributed by atoms with Crippen molar-refractivity contribution in [1.29, 1.82) is 0 Å². The molecule has 2 aromatic heterocycles. The lowest BCUT2D eigenvalue weighted by atomic mass is 9.96. The molecular formula is C21H17N3O3. The van der Waals surface area contributed by atoms with E-state index in [0.717, 1.165) is 47.6 Å². The Kier molecular flexibility index (Phi) is 4.61. The number of hydrogen-bond acceptors (Lipinski definition) is 5. The number of pyridine rings is 1. The molecule has 0 atom stereocenters. The minimum absolute atomic E-state index is 0.0622. The molecule has 4 rings (SSSR count). The predicted octanol–water partition coefficient (Wildman–Crippen LogP) is 4.92. The lowest BCUT2D eigenvalue weighted by Crippen LogP contribution is -2.11. The largest absolute Gasteiger partial charge is 0.457 e. The van der Waals surface area contributed by atoms with Crippen LogP contribution in [0.3, 0.4) is 0 Å². The first-order chi connectivity index (χ1) is 13.2. The number of nitro groups is 1. The van der Waals surface area contributed by atoms with Crippen LogP contribution in [-0.2, 0) is 0 Å². The second-order valence-corrected chi connectivity index (χ2v) is 6.25. The molecule has 6 nitrogen and oxygen atoms in total. The second kappa shape index (κ2) is 7.37. The summed E-state index contributed by atoms with van der Waals surface area (Å²) in [6.07, 6.45) is 7.52. The van der Waals surface area contributed by atoms with Crippen molar-refractivity contribution in [3.63, 3.8) is 0 Å². The number of aromatic nitrogens is 1. The van der Waals surface area contributed by atoms with Gasteiger partial charge in [0, 0.05) is 42.2 Å². The molecule has 27 heavy (non-hydrogen) atoms. The molecule has 6 heteroatoms. The summed E-state index contributed by atoms with van der Waals surface area (Å²) in [7, 11) is 0. The van der Waals surface area contributed by atoms with Gasteiger partial charge < -0.3 is 4.42 Å². The van der Waals surface area contributed by atoms with Crippen LogP contribution in [0.2, 0.25) is 0 Å². The van der Waals surface area contributed by atoms with Crippen molar-refractivity contribution in [1.82, 2.24) is 4.98 Å². The highest BCUT2D eigenvalue weighted by molar-refractivity contribution is 6.15. The monoisotopic (exact) mass is 359 g/mol. The van der Waals surface area contributed by atoms with Crippen molar-refractivity contribution in [2.45, 2.75) is 12.8 Å². The van der Waals surface area contributed by atoms with E-state index < -0.39 is 4.92 Å². The van der Waals surface area contributed by atoms with E-state index in [4.69, 9.17) is 4.42 Å². The van der Waals surface area contributed by atoms with Gasteiger partial charge in [-0.05, 0) is 60.9 Å². The van der Waals surface area contributed by atoms with Gasteiger partial charge in [0.15, 0.2) is 0 Å². The molecular weight excluding hydrogens is 342 g/mol. The normalized spacial score (nSPS) is 15.6. The van der Waals surface area contributed by atoms with Crippen LogP contribution in [0.25, 0.3) is 17.4 Å². The van der Waals surface area contributed by atoms with Crippen LogP contribution in [0.5, 0.6) is 0 Å². The van der Waals surface area contributed by atoms with E-state index in [1.807, 2.05) is 36.5 Å². The number of benzene rings is 1. The van der Waals surface area contributed by atoms with Crippen LogP contribution in [0.4, 0.5) is 5.69 Å². The van der Waals surface area contributed by atoms with Crippen LogP contribution in [-0.4, -0.2) is 22.2 Å². The van der Waals surface area contributed by atoms with Crippen LogP contribution < -0.4 is 0 Å². The van der Waals surface area contributed by atoms with Crippen molar-refractivity contribution < 1.29 is 9.34 Å². The number of nitro benzene ring substituents is 1. The van der Waals surface area contributed by atoms with Gasteiger partial charge >= 0.3 is 0 Å². The van der Waals surface area contributed by atoms with Gasteiger partial charge in [0.1, 0.15) is 11.5 Å². The SMILES string of the molecule is O=[N+]([O-])c1ccc(-c2ccc(/C=C3\CCCN=C3c3cccnc3)o2)cc1. The molecule has 3 heterocycles. The molecule has 1 aliphatic heterocycles. The maximum Gasteiger partial charge on any atom is 0.269 e. The Labute approximate surface area is 156 Å². The minimum atomic E-state index is -0.413. The zero-order valence-corrected chi connectivity index (χ0v) is 14.5. The van der Waals surface area contributed by atoms with Gasteiger partial charge in [0.2, 0.25) is 0 Å². The Morgan fingerprint density at radius 3 is 2.67 bits per heavy atom. The zero-order chi connectivity index (χ0) is 18.6. The molecule has 134 valence electrons. The minimum Gasteiger partial charge on any atom is -0.457 e. The fraction of sp³-hybridized carbons (Fsp3) is 0.143. The van der Waals surface area contributed by atoms with Gasteiger partial charge in [-0.3, -0.25) is 20.1 Å². The molecule has 0 aliphatic carbocycles. The molecule has 0 N–H and O–H groups in total. The molecule has 1 aromatic carbocycles. The van der Waals surface area contributed by atoms with E-state index in [2.05, 4.69) is 9.98 Å². The van der Waals surface area contributed by atoms with E-state index in [1.165, 1.54) is 12.1 Å². The van der Waals surface area contributed by atoms with Gasteiger partial charge in [-0.1, -0.05) is 0 Å². The topological polar surface area (TPSA) is 81.5 Å². The number of hydrogen-bond donors (Lipinski definition) is 0. The Morgan fingerprint density at radius 2 is 1.93 bits per heavy atom. The van der Waals surface area contributed by atoms with Crippen LogP contribution in [0, 0.1) is 10.1 Å². The summed E-state index contributed by atoms with van der Waals surface area (Å²) in [5.74, 6) is 1.41. The highest BCUT2D eigenvalue weighted by Crippen LogP contribution is 2.27. The number of nitrogens with zero attached hydrogens (tertiary/aromatic N) is 3. The number of rotatable bonds is 4. The average Bonchev–Trinajstić information content (AvgIpc) is 3.18. The van der Waals surface area contributed by atoms with Gasteiger partial charge in [-0.2, -0.15) is 0 Å². The smallest absolute Gasteiger partial charge is 0.269 e. The van der Waals surface area contributed by atoms with Crippen LogP contribution >= 0.6 is 0 Å². The zero-order valence-electron chi connectivity index (χ0n) is 14.5. The summed E-state index contributed by atoms with van der Waals surface area (Å²) in [6.45, 7) is 0.813. The number of non-ortho nitro benzene ring substituents is 1. The maximum atomic E-state index is 10.8. The predicted molar refractivity (Wildman–Crippen MR) is 104 cm³/mol. The molecule has 0 saturated carbocycles. The summed E-state index contributed by atoms with van der Waals surface area (Å²) in [5, 5.41) is 10.8. The van der Waals surface area contributed by atoms with Crippen molar-refractivity contribution in [3.05, 3.63) is 87.9 Å². The van der Waals surface area contributed by atoms with Crippen molar-refractivity contribution >= 4 is 17.5 Å². The summed E-state index contributed by atoms with van der Waals surface area (Å²) < 4.78 is 5.94. The molecule has 0 saturated heterocycles. The number of aliphatic imine (C=N–C) groups is 1. The summed E-state index contributed by atoms with van der Waals surface area (Å²) >= 11 is 0. The Morgan fingerprint density at radius 1 is 1.07 bits per heavy atom. The van der Waals surface area contributed by atoms with E-state index in [9.17, 15) is 10.1 Å². The van der Waals surface area contributed by atoms with Crippen LogP contribution in [0.1, 0.15) is 24.2 Å². The van der Waals surface area contributed by atoms with E-state index >= 15 is 0 Å². The van der Waals surface area contributed by atoms with Crippen molar-refractivity contribution in [2.75, 3.05) is 6.54 Å². The fourth-order valence-electron chi connectivity index (χ4n) is 3.11. The molecule has 1 aliphatic rings. The van der Waals surface area contributed by atoms with Crippen molar-refractivity contribution in [3.8, 4) is 11.3 Å². The number of allylic oxidation sites excluding steroid dienone is 1. The standard InChI is InChI=1S/C21H17N3O3/c25-24(26)18-7-5-15(6-8-18)20-10-9-19(27-20)13-16-3-2-12-23-21(16)17-4-1-11-22-14-17/h1,4-11,13-14H,2-3,12H2/b16-13+. The fourth-order valence-corrected chi connectivity index (χ4v) is 3.11. The quantitative estimate of drug-likeness (QED) is 0.489. The lowest BCUT2D eigenvalue weighted by Gasteiger charge is -2.15. The summed E-state index contributed by atoms with van der Waals surface area (Å²) in [6, 6.07) is 14.0. The summed E-state index contributed by atoms with van der Waals surface area (Å²) in [5.41, 5.74) is 3.95. The first kappa shape index (κ1) is 16.9. The highest BCUT2D eigenvalue weighted by Gasteiger charge is 2.15. The van der Waals surface area contributed by atoms with E-state index in [-0.39, 0.29) is 5.69 Å². The Bertz CT molecular complexity index is 1020. The number of furan rings is 1. The molecule has 3 aromatic rings. The average molecular weight is 359 g/mol. The third-order valence-electron chi connectivity index (χ3n) is 4.42. The first-order valence-electron chi connectivity index (χ1n) is 8.71. The van der Waals surface area contributed by atoms with Crippen LogP contribution in [0.15, 0.2) is 75.9 Å². The molecule has 0 bridgehead atoms. The Hall–Kier alpha value is -3.54. The maximum absolute atomic E-state index is 10.8. The second-order valence-electron chi connectivity index (χ2n) is 6.25. The van der Waals surface area contributed by atoms with Gasteiger partial charge in [-0.25, -0.2) is 0 Å². The molecule has 0 fully saturated rings. The molecule has 0 amide bonds. The highest BCUT2D eigenvalue weighted by atomic mass is 16.6. The van der Waals surface area contributed by atoms with Crippen molar-refractivity contribution in [2.24, 2.45) is 4.99 Å². The molecule has 0 spiro atoms. The van der Waals surface area contributed by atoms with Gasteiger partial charge in [0.25, 0.3) is 5.69 Å². The first-order valence-corrected chi connectivity index (χ1v) is 8.71. The lowest BCUT2D eigenvalue weighted by molar-refractivity contribution is -0.384. The molecule has 0 unspecified atom stereocenters. The van der Waals surface area contributed by atoms with E-state index in [0.29, 0.717) is 5.76 Å².